The lowest BCUT2D eigenvalue weighted by Gasteiger charge is -2.27. The Hall–Kier alpha value is -1.96. The van der Waals surface area contributed by atoms with Crippen LogP contribution in [0.4, 0.5) is 0 Å². The summed E-state index contributed by atoms with van der Waals surface area (Å²) in [4.78, 5) is 0. The van der Waals surface area contributed by atoms with Crippen molar-refractivity contribution in [1.29, 1.82) is 0 Å². The van der Waals surface area contributed by atoms with Crippen molar-refractivity contribution in [2.24, 2.45) is 11.3 Å². The Morgan fingerprint density at radius 2 is 1.16 bits per heavy atom. The second kappa shape index (κ2) is 8.42. The molecule has 0 spiro atoms. The topological polar surface area (TPSA) is 18.5 Å². The molecule has 2 aromatic carbocycles. The quantitative estimate of drug-likeness (QED) is 0.589. The third kappa shape index (κ3) is 5.81. The van der Waals surface area contributed by atoms with Gasteiger partial charge in [-0.05, 0) is 59.6 Å². The number of methoxy groups -OCH3 is 2. The van der Waals surface area contributed by atoms with E-state index in [1.807, 2.05) is 0 Å². The second-order valence-corrected chi connectivity index (χ2v) is 8.20. The van der Waals surface area contributed by atoms with Crippen molar-refractivity contribution >= 4 is 0 Å². The van der Waals surface area contributed by atoms with E-state index in [0.717, 1.165) is 17.9 Å². The first kappa shape index (κ1) is 19.4. The molecule has 0 amide bonds. The van der Waals surface area contributed by atoms with E-state index >= 15 is 0 Å². The van der Waals surface area contributed by atoms with E-state index in [1.165, 1.54) is 17.5 Å². The Bertz CT molecular complexity index is 588. The predicted molar refractivity (Wildman–Crippen MR) is 106 cm³/mol. The molecule has 2 heteroatoms. The molecule has 0 saturated carbocycles. The van der Waals surface area contributed by atoms with E-state index in [1.54, 1.807) is 14.2 Å². The maximum Gasteiger partial charge on any atom is 0.118 e. The lowest BCUT2D eigenvalue weighted by molar-refractivity contribution is 0.291. The van der Waals surface area contributed by atoms with Crippen molar-refractivity contribution < 1.29 is 9.47 Å². The molecule has 0 radical (unpaired) electrons. The SMILES string of the molecule is COc1ccc(C(CC(C)CC(C)(C)C)c2ccc(OC)cc2)cc1. The lowest BCUT2D eigenvalue weighted by atomic mass is 9.78. The minimum atomic E-state index is 0.351. The maximum absolute atomic E-state index is 5.32. The van der Waals surface area contributed by atoms with Crippen LogP contribution in [0.15, 0.2) is 48.5 Å². The van der Waals surface area contributed by atoms with Crippen LogP contribution in [0.25, 0.3) is 0 Å². The van der Waals surface area contributed by atoms with Crippen LogP contribution in [0.2, 0.25) is 0 Å². The van der Waals surface area contributed by atoms with Gasteiger partial charge in [0.2, 0.25) is 0 Å². The largest absolute Gasteiger partial charge is 0.497 e. The van der Waals surface area contributed by atoms with Crippen molar-refractivity contribution in [3.8, 4) is 11.5 Å². The molecule has 25 heavy (non-hydrogen) atoms. The molecule has 0 saturated heterocycles. The van der Waals surface area contributed by atoms with Crippen LogP contribution in [0.5, 0.6) is 11.5 Å². The van der Waals surface area contributed by atoms with Crippen LogP contribution in [0.1, 0.15) is 57.6 Å². The Morgan fingerprint density at radius 1 is 0.760 bits per heavy atom. The normalized spacial score (nSPS) is 12.9. The zero-order valence-electron chi connectivity index (χ0n) is 16.5. The first-order valence-corrected chi connectivity index (χ1v) is 9.10. The number of ether oxygens (including phenoxy) is 2. The fraction of sp³-hybridized carbons (Fsp3) is 0.478. The zero-order chi connectivity index (χ0) is 18.4. The summed E-state index contributed by atoms with van der Waals surface area (Å²) in [5, 5.41) is 0. The van der Waals surface area contributed by atoms with E-state index < -0.39 is 0 Å². The summed E-state index contributed by atoms with van der Waals surface area (Å²) in [5.74, 6) is 2.84. The van der Waals surface area contributed by atoms with Gasteiger partial charge in [0.05, 0.1) is 14.2 Å². The van der Waals surface area contributed by atoms with Gasteiger partial charge in [-0.2, -0.15) is 0 Å². The molecule has 2 nitrogen and oxygen atoms in total. The molecule has 0 fully saturated rings. The second-order valence-electron chi connectivity index (χ2n) is 8.20. The van der Waals surface area contributed by atoms with Crippen LogP contribution >= 0.6 is 0 Å². The number of benzene rings is 2. The summed E-state index contributed by atoms with van der Waals surface area (Å²) in [5.41, 5.74) is 3.03. The van der Waals surface area contributed by atoms with Crippen LogP contribution in [0, 0.1) is 11.3 Å². The van der Waals surface area contributed by atoms with Crippen LogP contribution in [-0.2, 0) is 0 Å². The Morgan fingerprint density at radius 3 is 1.48 bits per heavy atom. The highest BCUT2D eigenvalue weighted by Gasteiger charge is 2.21. The van der Waals surface area contributed by atoms with Gasteiger partial charge in [-0.3, -0.25) is 0 Å². The molecule has 0 aliphatic heterocycles. The van der Waals surface area contributed by atoms with Crippen molar-refractivity contribution in [3.05, 3.63) is 59.7 Å². The Balaban J connectivity index is 2.28. The maximum atomic E-state index is 5.32. The van der Waals surface area contributed by atoms with E-state index in [0.29, 0.717) is 17.3 Å². The molecule has 0 bridgehead atoms. The summed E-state index contributed by atoms with van der Waals surface area (Å²) in [6.45, 7) is 9.32. The summed E-state index contributed by atoms with van der Waals surface area (Å²) >= 11 is 0. The third-order valence-electron chi connectivity index (χ3n) is 4.64. The van der Waals surface area contributed by atoms with Gasteiger partial charge in [-0.1, -0.05) is 52.0 Å². The van der Waals surface area contributed by atoms with Crippen LogP contribution in [0.3, 0.4) is 0 Å². The fourth-order valence-corrected chi connectivity index (χ4v) is 3.67. The first-order valence-electron chi connectivity index (χ1n) is 9.10. The van der Waals surface area contributed by atoms with Gasteiger partial charge in [0.25, 0.3) is 0 Å². The number of hydrogen-bond donors (Lipinski definition) is 0. The molecule has 0 N–H and O–H groups in total. The average molecular weight is 341 g/mol. The van der Waals surface area contributed by atoms with Crippen LogP contribution in [-0.4, -0.2) is 14.2 Å². The van der Waals surface area contributed by atoms with Gasteiger partial charge in [0.15, 0.2) is 0 Å². The Kier molecular flexibility index (Phi) is 6.52. The van der Waals surface area contributed by atoms with Gasteiger partial charge in [0, 0.05) is 5.92 Å². The molecular weight excluding hydrogens is 308 g/mol. The molecule has 0 heterocycles. The zero-order valence-corrected chi connectivity index (χ0v) is 16.5. The van der Waals surface area contributed by atoms with E-state index in [4.69, 9.17) is 9.47 Å². The number of hydrogen-bond acceptors (Lipinski definition) is 2. The highest BCUT2D eigenvalue weighted by molar-refractivity contribution is 5.38. The van der Waals surface area contributed by atoms with Crippen molar-refractivity contribution in [3.63, 3.8) is 0 Å². The molecular formula is C23H32O2. The van der Waals surface area contributed by atoms with Gasteiger partial charge in [0.1, 0.15) is 11.5 Å². The van der Waals surface area contributed by atoms with E-state index in [9.17, 15) is 0 Å². The van der Waals surface area contributed by atoms with Crippen molar-refractivity contribution in [2.75, 3.05) is 14.2 Å². The molecule has 2 rings (SSSR count). The van der Waals surface area contributed by atoms with Gasteiger partial charge in [-0.15, -0.1) is 0 Å². The summed E-state index contributed by atoms with van der Waals surface area (Å²) in [6.07, 6.45) is 2.35. The lowest BCUT2D eigenvalue weighted by Crippen LogP contribution is -2.14. The third-order valence-corrected chi connectivity index (χ3v) is 4.64. The summed E-state index contributed by atoms with van der Waals surface area (Å²) in [7, 11) is 3.42. The molecule has 2 aromatic rings. The number of rotatable bonds is 7. The molecule has 1 unspecified atom stereocenters. The monoisotopic (exact) mass is 340 g/mol. The standard InChI is InChI=1S/C23H32O2/c1-17(16-23(2,3)4)15-22(18-7-11-20(24-5)12-8-18)19-9-13-21(25-6)14-10-19/h7-14,17,22H,15-16H2,1-6H3. The van der Waals surface area contributed by atoms with E-state index in [2.05, 4.69) is 76.2 Å². The van der Waals surface area contributed by atoms with Gasteiger partial charge < -0.3 is 9.47 Å². The molecule has 0 aromatic heterocycles. The molecule has 0 aliphatic rings. The first-order chi connectivity index (χ1) is 11.8. The molecule has 0 aliphatic carbocycles. The smallest absolute Gasteiger partial charge is 0.118 e. The highest BCUT2D eigenvalue weighted by Crippen LogP contribution is 2.36. The van der Waals surface area contributed by atoms with Gasteiger partial charge in [-0.25, -0.2) is 0 Å². The van der Waals surface area contributed by atoms with E-state index in [-0.39, 0.29) is 0 Å². The van der Waals surface area contributed by atoms with Crippen LogP contribution < -0.4 is 9.47 Å². The summed E-state index contributed by atoms with van der Waals surface area (Å²) < 4.78 is 10.6. The van der Waals surface area contributed by atoms with Crippen molar-refractivity contribution in [2.45, 2.75) is 46.5 Å². The highest BCUT2D eigenvalue weighted by atomic mass is 16.5. The fourth-order valence-electron chi connectivity index (χ4n) is 3.67. The van der Waals surface area contributed by atoms with Gasteiger partial charge >= 0.3 is 0 Å². The molecule has 136 valence electrons. The minimum absolute atomic E-state index is 0.351. The Labute approximate surface area is 153 Å². The predicted octanol–water partition coefficient (Wildman–Crippen LogP) is 6.30. The minimum Gasteiger partial charge on any atom is -0.497 e. The average Bonchev–Trinajstić information content (AvgIpc) is 2.58. The van der Waals surface area contributed by atoms with Crippen molar-refractivity contribution in [1.82, 2.24) is 0 Å². The molecule has 1 atom stereocenters. The summed E-state index contributed by atoms with van der Waals surface area (Å²) in [6, 6.07) is 17.0.